The number of nitrogens with one attached hydrogen (secondary N) is 1. The van der Waals surface area contributed by atoms with E-state index in [-0.39, 0.29) is 11.9 Å². The Morgan fingerprint density at radius 3 is 2.64 bits per heavy atom. The maximum Gasteiger partial charge on any atom is 0.220 e. The van der Waals surface area contributed by atoms with E-state index in [4.69, 9.17) is 0 Å². The van der Waals surface area contributed by atoms with E-state index in [9.17, 15) is 4.79 Å². The fourth-order valence-corrected chi connectivity index (χ4v) is 2.69. The molecule has 1 N–H and O–H groups in total. The van der Waals surface area contributed by atoms with E-state index in [1.54, 1.807) is 11.0 Å². The van der Waals surface area contributed by atoms with Gasteiger partial charge in [0, 0.05) is 19.0 Å². The van der Waals surface area contributed by atoms with Gasteiger partial charge in [0.15, 0.2) is 0 Å². The molecule has 1 aromatic heterocycles. The molecule has 5 heteroatoms. The Labute approximate surface area is 131 Å². The molecule has 1 atom stereocenters. The van der Waals surface area contributed by atoms with Crippen LogP contribution in [0.2, 0.25) is 0 Å². The van der Waals surface area contributed by atoms with Crippen LogP contribution >= 0.6 is 0 Å². The second kappa shape index (κ2) is 7.73. The molecule has 0 saturated heterocycles. The van der Waals surface area contributed by atoms with Gasteiger partial charge in [-0.25, -0.2) is 4.98 Å². The van der Waals surface area contributed by atoms with Crippen molar-refractivity contribution in [1.82, 2.24) is 20.1 Å². The molecule has 1 heterocycles. The standard InChI is InChI=1S/C17H24N4O/c1-13-7-14(2)9-16(8-13)10-15(3)20-17(22)5-4-6-21-12-18-11-19-21/h7-9,11-12,15H,4-6,10H2,1-3H3,(H,20,22). The van der Waals surface area contributed by atoms with Gasteiger partial charge in [-0.05, 0) is 39.2 Å². The van der Waals surface area contributed by atoms with E-state index < -0.39 is 0 Å². The molecule has 0 aliphatic rings. The topological polar surface area (TPSA) is 59.8 Å². The molecule has 0 spiro atoms. The SMILES string of the molecule is Cc1cc(C)cc(CC(C)NC(=O)CCCn2cncn2)c1. The van der Waals surface area contributed by atoms with E-state index in [0.29, 0.717) is 6.42 Å². The Morgan fingerprint density at radius 1 is 1.27 bits per heavy atom. The van der Waals surface area contributed by atoms with E-state index in [2.05, 4.69) is 47.4 Å². The van der Waals surface area contributed by atoms with Crippen molar-refractivity contribution in [2.24, 2.45) is 0 Å². The molecule has 1 amide bonds. The summed E-state index contributed by atoms with van der Waals surface area (Å²) in [7, 11) is 0. The zero-order valence-electron chi connectivity index (χ0n) is 13.5. The highest BCUT2D eigenvalue weighted by atomic mass is 16.1. The minimum Gasteiger partial charge on any atom is -0.353 e. The first-order valence-corrected chi connectivity index (χ1v) is 7.72. The molecule has 0 saturated carbocycles. The van der Waals surface area contributed by atoms with Crippen LogP contribution in [0.4, 0.5) is 0 Å². The summed E-state index contributed by atoms with van der Waals surface area (Å²) in [6.07, 6.45) is 5.31. The third-order valence-electron chi connectivity index (χ3n) is 3.49. The number of hydrogen-bond donors (Lipinski definition) is 1. The van der Waals surface area contributed by atoms with Crippen LogP contribution in [-0.2, 0) is 17.8 Å². The molecule has 1 aromatic carbocycles. The predicted octanol–water partition coefficient (Wildman–Crippen LogP) is 2.42. The van der Waals surface area contributed by atoms with Crippen LogP contribution in [0.1, 0.15) is 36.5 Å². The smallest absolute Gasteiger partial charge is 0.220 e. The van der Waals surface area contributed by atoms with Gasteiger partial charge in [-0.3, -0.25) is 9.48 Å². The van der Waals surface area contributed by atoms with Crippen LogP contribution in [0.15, 0.2) is 30.9 Å². The van der Waals surface area contributed by atoms with Crippen molar-refractivity contribution in [3.8, 4) is 0 Å². The lowest BCUT2D eigenvalue weighted by Crippen LogP contribution is -2.34. The maximum absolute atomic E-state index is 11.9. The van der Waals surface area contributed by atoms with Crippen molar-refractivity contribution in [2.45, 2.75) is 52.6 Å². The third kappa shape index (κ3) is 5.31. The Hall–Kier alpha value is -2.17. The highest BCUT2D eigenvalue weighted by Crippen LogP contribution is 2.11. The Morgan fingerprint density at radius 2 is 2.00 bits per heavy atom. The van der Waals surface area contributed by atoms with Crippen molar-refractivity contribution in [1.29, 1.82) is 0 Å². The first-order chi connectivity index (χ1) is 10.5. The van der Waals surface area contributed by atoms with Crippen molar-refractivity contribution in [2.75, 3.05) is 0 Å². The first-order valence-electron chi connectivity index (χ1n) is 7.72. The zero-order valence-corrected chi connectivity index (χ0v) is 13.5. The monoisotopic (exact) mass is 300 g/mol. The number of aromatic nitrogens is 3. The molecule has 1 unspecified atom stereocenters. The molecule has 22 heavy (non-hydrogen) atoms. The quantitative estimate of drug-likeness (QED) is 0.854. The largest absolute Gasteiger partial charge is 0.353 e. The first kappa shape index (κ1) is 16.2. The second-order valence-corrected chi connectivity index (χ2v) is 5.93. The molecule has 0 bridgehead atoms. The highest BCUT2D eigenvalue weighted by molar-refractivity contribution is 5.76. The minimum absolute atomic E-state index is 0.0944. The van der Waals surface area contributed by atoms with Crippen LogP contribution in [0.5, 0.6) is 0 Å². The van der Waals surface area contributed by atoms with Gasteiger partial charge < -0.3 is 5.32 Å². The fraction of sp³-hybridized carbons (Fsp3) is 0.471. The number of aryl methyl sites for hydroxylation is 3. The summed E-state index contributed by atoms with van der Waals surface area (Å²) in [5, 5.41) is 7.08. The van der Waals surface area contributed by atoms with Crippen LogP contribution in [0.25, 0.3) is 0 Å². The van der Waals surface area contributed by atoms with Crippen LogP contribution in [0, 0.1) is 13.8 Å². The zero-order chi connectivity index (χ0) is 15.9. The average molecular weight is 300 g/mol. The van der Waals surface area contributed by atoms with Gasteiger partial charge in [-0.2, -0.15) is 5.10 Å². The van der Waals surface area contributed by atoms with E-state index in [1.165, 1.54) is 23.0 Å². The van der Waals surface area contributed by atoms with Crippen molar-refractivity contribution < 1.29 is 4.79 Å². The second-order valence-electron chi connectivity index (χ2n) is 5.93. The van der Waals surface area contributed by atoms with Gasteiger partial charge in [0.25, 0.3) is 0 Å². The maximum atomic E-state index is 11.9. The van der Waals surface area contributed by atoms with Crippen LogP contribution < -0.4 is 5.32 Å². The molecule has 2 aromatic rings. The lowest BCUT2D eigenvalue weighted by atomic mass is 10.0. The van der Waals surface area contributed by atoms with Gasteiger partial charge >= 0.3 is 0 Å². The highest BCUT2D eigenvalue weighted by Gasteiger charge is 2.09. The van der Waals surface area contributed by atoms with E-state index in [0.717, 1.165) is 19.4 Å². The molecule has 2 rings (SSSR count). The lowest BCUT2D eigenvalue weighted by molar-refractivity contribution is -0.121. The Balaban J connectivity index is 1.73. The van der Waals surface area contributed by atoms with Crippen LogP contribution in [0.3, 0.4) is 0 Å². The predicted molar refractivity (Wildman–Crippen MR) is 86.5 cm³/mol. The van der Waals surface area contributed by atoms with Crippen molar-refractivity contribution >= 4 is 5.91 Å². The van der Waals surface area contributed by atoms with Crippen molar-refractivity contribution in [3.63, 3.8) is 0 Å². The van der Waals surface area contributed by atoms with E-state index >= 15 is 0 Å². The number of rotatable bonds is 7. The summed E-state index contributed by atoms with van der Waals surface area (Å²) in [6, 6.07) is 6.66. The van der Waals surface area contributed by atoms with Gasteiger partial charge in [-0.1, -0.05) is 29.3 Å². The summed E-state index contributed by atoms with van der Waals surface area (Å²) in [6.45, 7) is 6.97. The number of amides is 1. The number of nitrogens with zero attached hydrogens (tertiary/aromatic N) is 3. The number of hydrogen-bond acceptors (Lipinski definition) is 3. The number of carbonyl (C=O) groups excluding carboxylic acids is 1. The molecule has 0 aliphatic heterocycles. The van der Waals surface area contributed by atoms with Crippen LogP contribution in [-0.4, -0.2) is 26.7 Å². The molecular weight excluding hydrogens is 276 g/mol. The molecule has 0 radical (unpaired) electrons. The Kier molecular flexibility index (Phi) is 5.69. The summed E-state index contributed by atoms with van der Waals surface area (Å²) < 4.78 is 1.74. The Bertz CT molecular complexity index is 587. The molecule has 0 fully saturated rings. The summed E-state index contributed by atoms with van der Waals surface area (Å²) in [5.74, 6) is 0.0944. The summed E-state index contributed by atoms with van der Waals surface area (Å²) >= 11 is 0. The normalized spacial score (nSPS) is 12.1. The molecular formula is C17H24N4O. The molecule has 5 nitrogen and oxygen atoms in total. The van der Waals surface area contributed by atoms with Crippen molar-refractivity contribution in [3.05, 3.63) is 47.5 Å². The minimum atomic E-state index is 0.0944. The van der Waals surface area contributed by atoms with Gasteiger partial charge in [0.2, 0.25) is 5.91 Å². The van der Waals surface area contributed by atoms with Gasteiger partial charge in [-0.15, -0.1) is 0 Å². The molecule has 118 valence electrons. The molecule has 0 aliphatic carbocycles. The number of carbonyl (C=O) groups is 1. The lowest BCUT2D eigenvalue weighted by Gasteiger charge is -2.15. The number of benzene rings is 1. The van der Waals surface area contributed by atoms with Gasteiger partial charge in [0.05, 0.1) is 0 Å². The summed E-state index contributed by atoms with van der Waals surface area (Å²) in [5.41, 5.74) is 3.80. The average Bonchev–Trinajstić information content (AvgIpc) is 2.90. The fourth-order valence-electron chi connectivity index (χ4n) is 2.69. The summed E-state index contributed by atoms with van der Waals surface area (Å²) in [4.78, 5) is 15.8. The van der Waals surface area contributed by atoms with E-state index in [1.807, 2.05) is 6.92 Å². The van der Waals surface area contributed by atoms with Gasteiger partial charge in [0.1, 0.15) is 12.7 Å². The third-order valence-corrected chi connectivity index (χ3v) is 3.49.